The van der Waals surface area contributed by atoms with Crippen molar-refractivity contribution in [1.29, 1.82) is 0 Å². The number of ether oxygens (including phenoxy) is 1. The molecule has 7 heteroatoms. The molecule has 0 radical (unpaired) electrons. The van der Waals surface area contributed by atoms with Crippen LogP contribution in [0.1, 0.15) is 63.5 Å². The van der Waals surface area contributed by atoms with Crippen LogP contribution >= 0.6 is 0 Å². The van der Waals surface area contributed by atoms with Gasteiger partial charge in [0.1, 0.15) is 18.2 Å². The summed E-state index contributed by atoms with van der Waals surface area (Å²) < 4.78 is 5.56. The van der Waals surface area contributed by atoms with Crippen LogP contribution in [0.3, 0.4) is 0 Å². The average Bonchev–Trinajstić information content (AvgIpc) is 3.13. The average molecular weight is 453 g/mol. The fraction of sp³-hybridized carbons (Fsp3) is 0.423. The number of rotatable bonds is 10. The molecule has 176 valence electrons. The Balaban J connectivity index is 1.67. The molecule has 0 aliphatic heterocycles. The number of hydrogen-bond acceptors (Lipinski definition) is 4. The molecule has 0 fully saturated rings. The summed E-state index contributed by atoms with van der Waals surface area (Å²) in [5.41, 5.74) is 3.08. The lowest BCUT2D eigenvalue weighted by atomic mass is 9.98. The van der Waals surface area contributed by atoms with E-state index in [1.165, 1.54) is 6.92 Å². The van der Waals surface area contributed by atoms with Crippen LogP contribution in [0.2, 0.25) is 0 Å². The van der Waals surface area contributed by atoms with Crippen LogP contribution in [0.25, 0.3) is 11.1 Å². The number of nitrogens with one attached hydrogen (secondary N) is 2. The van der Waals surface area contributed by atoms with Crippen LogP contribution in [0.5, 0.6) is 0 Å². The molecule has 1 aliphatic rings. The molecule has 33 heavy (non-hydrogen) atoms. The van der Waals surface area contributed by atoms with Crippen molar-refractivity contribution < 1.29 is 24.2 Å². The molecular formula is C26H32N2O5. The molecule has 1 aliphatic carbocycles. The summed E-state index contributed by atoms with van der Waals surface area (Å²) >= 11 is 0. The lowest BCUT2D eigenvalue weighted by Crippen LogP contribution is -2.57. The normalized spacial score (nSPS) is 15.0. The fourth-order valence-electron chi connectivity index (χ4n) is 4.11. The number of hydrogen-bond donors (Lipinski definition) is 3. The molecule has 2 aromatic carbocycles. The van der Waals surface area contributed by atoms with E-state index in [9.17, 15) is 19.5 Å². The van der Waals surface area contributed by atoms with E-state index in [-0.39, 0.29) is 18.9 Å². The number of benzene rings is 2. The number of carboxylic acids is 1. The summed E-state index contributed by atoms with van der Waals surface area (Å²) in [5.74, 6) is -1.72. The van der Waals surface area contributed by atoms with Crippen molar-refractivity contribution in [1.82, 2.24) is 10.6 Å². The van der Waals surface area contributed by atoms with Crippen LogP contribution in [0.15, 0.2) is 48.5 Å². The highest BCUT2D eigenvalue weighted by Crippen LogP contribution is 2.44. The van der Waals surface area contributed by atoms with Crippen molar-refractivity contribution in [3.05, 3.63) is 59.7 Å². The second-order valence-electron chi connectivity index (χ2n) is 8.64. The number of fused-ring (bicyclic) bond motifs is 3. The minimum atomic E-state index is -1.40. The molecule has 2 unspecified atom stereocenters. The van der Waals surface area contributed by atoms with E-state index < -0.39 is 29.6 Å². The van der Waals surface area contributed by atoms with Crippen LogP contribution in [0.4, 0.5) is 4.79 Å². The zero-order valence-corrected chi connectivity index (χ0v) is 19.4. The van der Waals surface area contributed by atoms with Crippen LogP contribution in [-0.2, 0) is 14.3 Å². The van der Waals surface area contributed by atoms with Crippen LogP contribution in [-0.4, -0.2) is 41.3 Å². The summed E-state index contributed by atoms with van der Waals surface area (Å²) in [6.45, 7) is 5.27. The van der Waals surface area contributed by atoms with Crippen molar-refractivity contribution in [2.24, 2.45) is 0 Å². The SMILES string of the molecule is CCCCC(NC(=O)OCC1c2ccccc2-c2ccccc21)C(=O)NC(C)(CC)C(=O)O. The molecule has 2 aromatic rings. The van der Waals surface area contributed by atoms with Crippen LogP contribution < -0.4 is 10.6 Å². The predicted molar refractivity (Wildman–Crippen MR) is 126 cm³/mol. The molecule has 7 nitrogen and oxygen atoms in total. The van der Waals surface area contributed by atoms with E-state index in [0.29, 0.717) is 12.8 Å². The second-order valence-corrected chi connectivity index (χ2v) is 8.64. The molecule has 0 saturated heterocycles. The Bertz CT molecular complexity index is 976. The van der Waals surface area contributed by atoms with Gasteiger partial charge < -0.3 is 20.5 Å². The zero-order valence-electron chi connectivity index (χ0n) is 19.4. The van der Waals surface area contributed by atoms with Gasteiger partial charge in [-0.1, -0.05) is 75.2 Å². The summed E-state index contributed by atoms with van der Waals surface area (Å²) in [4.78, 5) is 37.0. The lowest BCUT2D eigenvalue weighted by molar-refractivity contribution is -0.147. The molecule has 0 saturated carbocycles. The minimum absolute atomic E-state index is 0.0820. The number of carbonyl (C=O) groups excluding carboxylic acids is 2. The molecule has 0 bridgehead atoms. The van der Waals surface area contributed by atoms with Crippen molar-refractivity contribution in [2.45, 2.75) is 64.0 Å². The lowest BCUT2D eigenvalue weighted by Gasteiger charge is -2.28. The number of carbonyl (C=O) groups is 3. The van der Waals surface area contributed by atoms with Gasteiger partial charge in [0.05, 0.1) is 0 Å². The fourth-order valence-corrected chi connectivity index (χ4v) is 4.11. The van der Waals surface area contributed by atoms with Gasteiger partial charge in [-0.2, -0.15) is 0 Å². The van der Waals surface area contributed by atoms with E-state index >= 15 is 0 Å². The maximum Gasteiger partial charge on any atom is 0.407 e. The van der Waals surface area contributed by atoms with Gasteiger partial charge in [0.15, 0.2) is 0 Å². The maximum absolute atomic E-state index is 12.8. The molecule has 0 heterocycles. The highest BCUT2D eigenvalue weighted by molar-refractivity contribution is 5.91. The summed E-state index contributed by atoms with van der Waals surface area (Å²) in [6, 6.07) is 15.2. The van der Waals surface area contributed by atoms with Gasteiger partial charge in [-0.3, -0.25) is 4.79 Å². The van der Waals surface area contributed by atoms with E-state index in [4.69, 9.17) is 4.74 Å². The largest absolute Gasteiger partial charge is 0.480 e. The topological polar surface area (TPSA) is 105 Å². The van der Waals surface area contributed by atoms with E-state index in [2.05, 4.69) is 22.8 Å². The van der Waals surface area contributed by atoms with Gasteiger partial charge in [0.2, 0.25) is 5.91 Å². The van der Waals surface area contributed by atoms with Gasteiger partial charge >= 0.3 is 12.1 Å². The quantitative estimate of drug-likeness (QED) is 0.494. The molecule has 0 spiro atoms. The van der Waals surface area contributed by atoms with Gasteiger partial charge in [0.25, 0.3) is 0 Å². The highest BCUT2D eigenvalue weighted by atomic mass is 16.5. The molecule has 0 aromatic heterocycles. The van der Waals surface area contributed by atoms with Gasteiger partial charge in [-0.05, 0) is 42.0 Å². The summed E-state index contributed by atoms with van der Waals surface area (Å²) in [7, 11) is 0. The Labute approximate surface area is 194 Å². The van der Waals surface area contributed by atoms with Crippen molar-refractivity contribution >= 4 is 18.0 Å². The summed E-state index contributed by atoms with van der Waals surface area (Å²) in [6.07, 6.45) is 1.46. The highest BCUT2D eigenvalue weighted by Gasteiger charge is 2.35. The van der Waals surface area contributed by atoms with Gasteiger partial charge in [-0.15, -0.1) is 0 Å². The number of aliphatic carboxylic acids is 1. The Morgan fingerprint density at radius 2 is 1.61 bits per heavy atom. The number of unbranched alkanes of at least 4 members (excludes halogenated alkanes) is 1. The van der Waals surface area contributed by atoms with Gasteiger partial charge in [-0.25, -0.2) is 9.59 Å². The van der Waals surface area contributed by atoms with Crippen molar-refractivity contribution in [2.75, 3.05) is 6.61 Å². The predicted octanol–water partition coefficient (Wildman–Crippen LogP) is 4.45. The Hall–Kier alpha value is -3.35. The number of amides is 2. The van der Waals surface area contributed by atoms with Crippen LogP contribution in [0, 0.1) is 0 Å². The molecule has 2 atom stereocenters. The van der Waals surface area contributed by atoms with E-state index in [0.717, 1.165) is 28.7 Å². The number of carboxylic acid groups (broad SMARTS) is 1. The Morgan fingerprint density at radius 1 is 1.03 bits per heavy atom. The number of alkyl carbamates (subject to hydrolysis) is 1. The molecule has 3 rings (SSSR count). The molecule has 3 N–H and O–H groups in total. The third kappa shape index (κ3) is 5.35. The standard InChI is InChI=1S/C26H32N2O5/c1-4-6-15-22(23(29)28-26(3,5-2)24(30)31)27-25(32)33-16-21-19-13-9-7-11-17(19)18-12-8-10-14-20(18)21/h7-14,21-22H,4-6,15-16H2,1-3H3,(H,27,32)(H,28,29)(H,30,31). The zero-order chi connectivity index (χ0) is 24.0. The second kappa shape index (κ2) is 10.5. The Morgan fingerprint density at radius 3 is 2.12 bits per heavy atom. The monoisotopic (exact) mass is 452 g/mol. The first kappa shape index (κ1) is 24.3. The summed E-state index contributed by atoms with van der Waals surface area (Å²) in [5, 5.41) is 14.7. The van der Waals surface area contributed by atoms with E-state index in [1.54, 1.807) is 6.92 Å². The smallest absolute Gasteiger partial charge is 0.407 e. The minimum Gasteiger partial charge on any atom is -0.480 e. The Kier molecular flexibility index (Phi) is 7.74. The third-order valence-corrected chi connectivity index (χ3v) is 6.38. The molecular weight excluding hydrogens is 420 g/mol. The maximum atomic E-state index is 12.8. The first-order valence-corrected chi connectivity index (χ1v) is 11.5. The van der Waals surface area contributed by atoms with Gasteiger partial charge in [0, 0.05) is 5.92 Å². The van der Waals surface area contributed by atoms with Crippen molar-refractivity contribution in [3.8, 4) is 11.1 Å². The van der Waals surface area contributed by atoms with Crippen molar-refractivity contribution in [3.63, 3.8) is 0 Å². The van der Waals surface area contributed by atoms with E-state index in [1.807, 2.05) is 43.3 Å². The molecule has 2 amide bonds. The first-order valence-electron chi connectivity index (χ1n) is 11.5. The first-order chi connectivity index (χ1) is 15.8. The third-order valence-electron chi connectivity index (χ3n) is 6.38.